The molecule has 3 nitrogen and oxygen atoms in total. The van der Waals surface area contributed by atoms with Crippen LogP contribution in [0.25, 0.3) is 66.1 Å². The zero-order chi connectivity index (χ0) is 37.6. The molecule has 9 rings (SSSR count). The standard InChI is InChI=1S/3C16H11FN.Ir/c3*1-11-10-13(6-7-15(11)17)16-14-5-3-2-4-12(14)8-9-18-16;/h3*2-5,7-10H,1H3;/q3*-1;. The Morgan fingerprint density at radius 3 is 0.945 bits per heavy atom. The largest absolute Gasteiger partial charge is 0.304 e. The van der Waals surface area contributed by atoms with Crippen molar-refractivity contribution in [3.63, 3.8) is 0 Å². The van der Waals surface area contributed by atoms with Gasteiger partial charge in [-0.3, -0.25) is 13.2 Å². The number of hydrogen-bond donors (Lipinski definition) is 0. The number of aromatic nitrogens is 3. The molecular weight excluding hydrogens is 868 g/mol. The Labute approximate surface area is 332 Å². The molecule has 55 heavy (non-hydrogen) atoms. The van der Waals surface area contributed by atoms with Gasteiger partial charge in [0.2, 0.25) is 0 Å². The van der Waals surface area contributed by atoms with Crippen molar-refractivity contribution in [1.82, 2.24) is 15.0 Å². The molecule has 6 aromatic carbocycles. The molecule has 0 spiro atoms. The first kappa shape index (κ1) is 38.7. The van der Waals surface area contributed by atoms with Crippen LogP contribution >= 0.6 is 0 Å². The molecular formula is C48H33F3IrN3-3. The van der Waals surface area contributed by atoms with E-state index in [9.17, 15) is 13.2 Å². The third kappa shape index (κ3) is 8.70. The summed E-state index contributed by atoms with van der Waals surface area (Å²) in [6, 6.07) is 48.3. The molecule has 9 aromatic rings. The molecule has 0 saturated heterocycles. The quantitative estimate of drug-likeness (QED) is 0.166. The Kier molecular flexibility index (Phi) is 12.3. The summed E-state index contributed by atoms with van der Waals surface area (Å²) in [7, 11) is 0. The summed E-state index contributed by atoms with van der Waals surface area (Å²) in [5.41, 5.74) is 6.83. The molecule has 3 aromatic heterocycles. The van der Waals surface area contributed by atoms with E-state index in [-0.39, 0.29) is 37.6 Å². The predicted octanol–water partition coefficient (Wildman–Crippen LogP) is 12.4. The molecule has 0 fully saturated rings. The zero-order valence-electron chi connectivity index (χ0n) is 30.2. The van der Waals surface area contributed by atoms with Crippen molar-refractivity contribution in [2.24, 2.45) is 0 Å². The van der Waals surface area contributed by atoms with E-state index in [1.54, 1.807) is 57.6 Å². The van der Waals surface area contributed by atoms with Crippen molar-refractivity contribution < 1.29 is 33.3 Å². The number of nitrogens with zero attached hydrogens (tertiary/aromatic N) is 3. The Morgan fingerprint density at radius 1 is 0.400 bits per heavy atom. The van der Waals surface area contributed by atoms with E-state index in [0.717, 1.165) is 66.1 Å². The molecule has 0 aliphatic rings. The summed E-state index contributed by atoms with van der Waals surface area (Å²) in [6.07, 6.45) is 5.30. The second kappa shape index (κ2) is 17.4. The second-order valence-electron chi connectivity index (χ2n) is 12.8. The van der Waals surface area contributed by atoms with Gasteiger partial charge >= 0.3 is 0 Å². The first-order chi connectivity index (χ1) is 26.3. The fraction of sp³-hybridized carbons (Fsp3) is 0.0625. The molecule has 0 unspecified atom stereocenters. The van der Waals surface area contributed by atoms with Crippen molar-refractivity contribution in [2.45, 2.75) is 20.8 Å². The van der Waals surface area contributed by atoms with E-state index in [1.807, 2.05) is 91.0 Å². The molecule has 0 bridgehead atoms. The maximum Gasteiger partial charge on any atom is 0.0408 e. The summed E-state index contributed by atoms with van der Waals surface area (Å²) in [5, 5.41) is 6.54. The molecule has 0 aliphatic heterocycles. The van der Waals surface area contributed by atoms with Gasteiger partial charge in [0.15, 0.2) is 0 Å². The number of aryl methyl sites for hydroxylation is 3. The molecule has 7 heteroatoms. The van der Waals surface area contributed by atoms with E-state index in [4.69, 9.17) is 0 Å². The van der Waals surface area contributed by atoms with Crippen LogP contribution in [0.15, 0.2) is 146 Å². The van der Waals surface area contributed by atoms with Gasteiger partial charge in [0.05, 0.1) is 0 Å². The van der Waals surface area contributed by atoms with Crippen LogP contribution in [0.5, 0.6) is 0 Å². The van der Waals surface area contributed by atoms with Gasteiger partial charge in [-0.1, -0.05) is 110 Å². The molecule has 0 amide bonds. The first-order valence-electron chi connectivity index (χ1n) is 17.3. The van der Waals surface area contributed by atoms with Crippen LogP contribution in [-0.4, -0.2) is 15.0 Å². The molecule has 0 saturated carbocycles. The minimum atomic E-state index is -0.237. The zero-order valence-corrected chi connectivity index (χ0v) is 32.6. The Hall–Kier alpha value is -6.01. The molecule has 1 radical (unpaired) electrons. The average Bonchev–Trinajstić information content (AvgIpc) is 3.21. The molecule has 0 atom stereocenters. The van der Waals surface area contributed by atoms with Crippen LogP contribution in [-0.2, 0) is 20.1 Å². The fourth-order valence-corrected chi connectivity index (χ4v) is 6.16. The minimum Gasteiger partial charge on any atom is -0.304 e. The van der Waals surface area contributed by atoms with Gasteiger partial charge < -0.3 is 15.0 Å². The third-order valence-corrected chi connectivity index (χ3v) is 9.06. The summed E-state index contributed by atoms with van der Waals surface area (Å²) in [5.74, 6) is -0.711. The number of fused-ring (bicyclic) bond motifs is 3. The number of benzene rings is 6. The van der Waals surface area contributed by atoms with Gasteiger partial charge in [-0.15, -0.1) is 71.3 Å². The van der Waals surface area contributed by atoms with E-state index >= 15 is 0 Å². The van der Waals surface area contributed by atoms with Crippen LogP contribution in [0.3, 0.4) is 0 Å². The fourth-order valence-electron chi connectivity index (χ4n) is 6.16. The van der Waals surface area contributed by atoms with Crippen molar-refractivity contribution in [2.75, 3.05) is 0 Å². The molecule has 273 valence electrons. The summed E-state index contributed by atoms with van der Waals surface area (Å²) < 4.78 is 39.8. The number of hydrogen-bond acceptors (Lipinski definition) is 3. The maximum atomic E-state index is 13.3. The number of rotatable bonds is 3. The predicted molar refractivity (Wildman–Crippen MR) is 212 cm³/mol. The Balaban J connectivity index is 0.000000139. The third-order valence-electron chi connectivity index (χ3n) is 9.06. The van der Waals surface area contributed by atoms with Crippen molar-refractivity contribution in [3.8, 4) is 33.8 Å². The average molecular weight is 901 g/mol. The molecule has 0 N–H and O–H groups in total. The van der Waals surface area contributed by atoms with E-state index < -0.39 is 0 Å². The molecule has 0 aliphatic carbocycles. The summed E-state index contributed by atoms with van der Waals surface area (Å²) in [6.45, 7) is 5.24. The van der Waals surface area contributed by atoms with E-state index in [2.05, 4.69) is 33.2 Å². The van der Waals surface area contributed by atoms with E-state index in [1.165, 1.54) is 18.2 Å². The van der Waals surface area contributed by atoms with Gasteiger partial charge in [-0.05, 0) is 67.6 Å². The number of halogens is 3. The van der Waals surface area contributed by atoms with Gasteiger partial charge in [-0.2, -0.15) is 0 Å². The van der Waals surface area contributed by atoms with Gasteiger partial charge in [0.25, 0.3) is 0 Å². The smallest absolute Gasteiger partial charge is 0.0408 e. The van der Waals surface area contributed by atoms with Crippen LogP contribution < -0.4 is 0 Å². The summed E-state index contributed by atoms with van der Waals surface area (Å²) in [4.78, 5) is 13.2. The van der Waals surface area contributed by atoms with Crippen molar-refractivity contribution in [1.29, 1.82) is 0 Å². The van der Waals surface area contributed by atoms with Crippen LogP contribution in [0, 0.1) is 56.4 Å². The maximum absolute atomic E-state index is 13.3. The number of pyridine rings is 3. The van der Waals surface area contributed by atoms with Crippen LogP contribution in [0.1, 0.15) is 16.7 Å². The topological polar surface area (TPSA) is 38.7 Å². The first-order valence-corrected chi connectivity index (χ1v) is 17.3. The van der Waals surface area contributed by atoms with Gasteiger partial charge in [0.1, 0.15) is 0 Å². The van der Waals surface area contributed by atoms with Crippen LogP contribution in [0.2, 0.25) is 0 Å². The monoisotopic (exact) mass is 901 g/mol. The minimum absolute atomic E-state index is 0. The van der Waals surface area contributed by atoms with Crippen molar-refractivity contribution >= 4 is 32.3 Å². The van der Waals surface area contributed by atoms with Gasteiger partial charge in [0, 0.05) is 56.1 Å². The molecule has 3 heterocycles. The van der Waals surface area contributed by atoms with Crippen LogP contribution in [0.4, 0.5) is 13.2 Å². The van der Waals surface area contributed by atoms with Crippen molar-refractivity contribution in [3.05, 3.63) is 198 Å². The summed E-state index contributed by atoms with van der Waals surface area (Å²) >= 11 is 0. The normalized spacial score (nSPS) is 10.6. The Morgan fingerprint density at radius 2 is 0.673 bits per heavy atom. The van der Waals surface area contributed by atoms with Gasteiger partial charge in [-0.25, -0.2) is 0 Å². The second-order valence-corrected chi connectivity index (χ2v) is 12.8. The SMILES string of the molecule is Cc1cc(-c2nccc3ccccc23)[c-]cc1F.Cc1cc(-c2nccc3ccccc23)[c-]cc1F.Cc1cc(-c2nccc3ccccc23)[c-]cc1F.[Ir]. The Bertz CT molecular complexity index is 2450. The van der Waals surface area contributed by atoms with E-state index in [0.29, 0.717) is 16.7 Å².